The molecule has 0 spiro atoms. The zero-order valence-electron chi connectivity index (χ0n) is 13.1. The Balaban J connectivity index is 2.16. The Morgan fingerprint density at radius 1 is 1.00 bits per heavy atom. The van der Waals surface area contributed by atoms with E-state index >= 15 is 0 Å². The number of hydrogen-bond donors (Lipinski definition) is 1. The molecule has 0 unspecified atom stereocenters. The zero-order valence-corrected chi connectivity index (χ0v) is 13.8. The minimum atomic E-state index is 0.490. The smallest absolute Gasteiger partial charge is 0.163 e. The molecule has 0 aromatic heterocycles. The summed E-state index contributed by atoms with van der Waals surface area (Å²) in [6.07, 6.45) is 0. The van der Waals surface area contributed by atoms with Crippen LogP contribution in [0.1, 0.15) is 25.0 Å². The lowest BCUT2D eigenvalue weighted by molar-refractivity contribution is 0.269. The van der Waals surface area contributed by atoms with Crippen molar-refractivity contribution < 1.29 is 9.47 Å². The first kappa shape index (κ1) is 16.7. The van der Waals surface area contributed by atoms with Crippen molar-refractivity contribution in [1.82, 2.24) is 5.32 Å². The molecule has 22 heavy (non-hydrogen) atoms. The summed E-state index contributed by atoms with van der Waals surface area (Å²) in [5.41, 5.74) is 2.12. The van der Waals surface area contributed by atoms with E-state index < -0.39 is 0 Å². The average molecular weight is 320 g/mol. The molecule has 0 atom stereocenters. The van der Waals surface area contributed by atoms with Crippen molar-refractivity contribution in [1.29, 1.82) is 0 Å². The van der Waals surface area contributed by atoms with E-state index in [1.165, 1.54) is 0 Å². The van der Waals surface area contributed by atoms with Crippen LogP contribution in [0.25, 0.3) is 0 Å². The first-order valence-corrected chi connectivity index (χ1v) is 7.95. The summed E-state index contributed by atoms with van der Waals surface area (Å²) in [6.45, 7) is 6.71. The number of benzene rings is 2. The Morgan fingerprint density at radius 2 is 1.73 bits per heavy atom. The van der Waals surface area contributed by atoms with Gasteiger partial charge in [0.1, 0.15) is 6.61 Å². The molecule has 0 saturated carbocycles. The van der Waals surface area contributed by atoms with Gasteiger partial charge in [-0.05, 0) is 30.7 Å². The fourth-order valence-corrected chi connectivity index (χ4v) is 2.31. The number of halogens is 1. The molecule has 4 heteroatoms. The molecule has 2 aromatic rings. The van der Waals surface area contributed by atoms with E-state index in [0.29, 0.717) is 30.5 Å². The van der Waals surface area contributed by atoms with Gasteiger partial charge < -0.3 is 14.8 Å². The lowest BCUT2D eigenvalue weighted by Crippen LogP contribution is -2.12. The van der Waals surface area contributed by atoms with E-state index in [1.54, 1.807) is 0 Å². The maximum Gasteiger partial charge on any atom is 0.163 e. The number of ether oxygens (including phenoxy) is 2. The van der Waals surface area contributed by atoms with Crippen molar-refractivity contribution in [2.75, 3.05) is 13.2 Å². The van der Waals surface area contributed by atoms with Gasteiger partial charge in [0.2, 0.25) is 0 Å². The summed E-state index contributed by atoms with van der Waals surface area (Å²) in [5.74, 6) is 1.41. The Bertz CT molecular complexity index is 587. The van der Waals surface area contributed by atoms with Crippen molar-refractivity contribution in [2.45, 2.75) is 27.0 Å². The van der Waals surface area contributed by atoms with Crippen LogP contribution >= 0.6 is 11.6 Å². The van der Waals surface area contributed by atoms with Gasteiger partial charge >= 0.3 is 0 Å². The molecular formula is C18H22ClNO2. The van der Waals surface area contributed by atoms with E-state index in [4.69, 9.17) is 21.1 Å². The number of nitrogens with one attached hydrogen (secondary N) is 1. The molecule has 0 amide bonds. The zero-order chi connectivity index (χ0) is 15.8. The van der Waals surface area contributed by atoms with Gasteiger partial charge in [-0.2, -0.15) is 0 Å². The van der Waals surface area contributed by atoms with Crippen molar-refractivity contribution in [2.24, 2.45) is 0 Å². The third kappa shape index (κ3) is 4.65. The van der Waals surface area contributed by atoms with Gasteiger partial charge in [-0.15, -0.1) is 0 Å². The van der Waals surface area contributed by atoms with Gasteiger partial charge in [-0.3, -0.25) is 0 Å². The van der Waals surface area contributed by atoms with Gasteiger partial charge in [0, 0.05) is 17.6 Å². The summed E-state index contributed by atoms with van der Waals surface area (Å²) in [4.78, 5) is 0. The third-order valence-corrected chi connectivity index (χ3v) is 3.57. The first-order valence-electron chi connectivity index (χ1n) is 7.57. The SMILES string of the molecule is CCNCc1cc(OCC)c(OCc2ccccc2)cc1Cl. The standard InChI is InChI=1S/C18H22ClNO2/c1-3-20-12-15-10-17(21-4-2)18(11-16(15)19)22-13-14-8-6-5-7-9-14/h5-11,20H,3-4,12-13H2,1-2H3. The fraction of sp³-hybridized carbons (Fsp3) is 0.333. The van der Waals surface area contributed by atoms with Gasteiger partial charge in [0.05, 0.1) is 6.61 Å². The van der Waals surface area contributed by atoms with Crippen molar-refractivity contribution in [3.63, 3.8) is 0 Å². The highest BCUT2D eigenvalue weighted by Crippen LogP contribution is 2.34. The Kier molecular flexibility index (Phi) is 6.56. The Hall–Kier alpha value is -1.71. The van der Waals surface area contributed by atoms with Crippen LogP contribution < -0.4 is 14.8 Å². The molecule has 0 aliphatic rings. The molecule has 0 saturated heterocycles. The van der Waals surface area contributed by atoms with Crippen LogP contribution in [0.2, 0.25) is 5.02 Å². The van der Waals surface area contributed by atoms with Gasteiger partial charge in [0.25, 0.3) is 0 Å². The highest BCUT2D eigenvalue weighted by atomic mass is 35.5. The molecule has 0 fully saturated rings. The molecule has 0 radical (unpaired) electrons. The second-order valence-electron chi connectivity index (χ2n) is 4.88. The molecular weight excluding hydrogens is 298 g/mol. The van der Waals surface area contributed by atoms with Crippen LogP contribution in [0, 0.1) is 0 Å². The fourth-order valence-electron chi connectivity index (χ4n) is 2.09. The van der Waals surface area contributed by atoms with Crippen molar-refractivity contribution >= 4 is 11.6 Å². The van der Waals surface area contributed by atoms with E-state index in [9.17, 15) is 0 Å². The number of rotatable bonds is 8. The predicted octanol–water partition coefficient (Wildman–Crippen LogP) is 4.43. The normalized spacial score (nSPS) is 10.5. The van der Waals surface area contributed by atoms with Crippen molar-refractivity contribution in [3.05, 3.63) is 58.6 Å². The van der Waals surface area contributed by atoms with E-state index in [-0.39, 0.29) is 0 Å². The second kappa shape index (κ2) is 8.66. The summed E-state index contributed by atoms with van der Waals surface area (Å²) >= 11 is 6.34. The molecule has 0 aliphatic heterocycles. The highest BCUT2D eigenvalue weighted by Gasteiger charge is 2.11. The van der Waals surface area contributed by atoms with E-state index in [2.05, 4.69) is 12.2 Å². The van der Waals surface area contributed by atoms with Gasteiger partial charge in [-0.25, -0.2) is 0 Å². The maximum absolute atomic E-state index is 6.34. The number of hydrogen-bond acceptors (Lipinski definition) is 3. The van der Waals surface area contributed by atoms with Crippen LogP contribution in [0.15, 0.2) is 42.5 Å². The van der Waals surface area contributed by atoms with Crippen molar-refractivity contribution in [3.8, 4) is 11.5 Å². The van der Waals surface area contributed by atoms with Crippen LogP contribution in [0.3, 0.4) is 0 Å². The second-order valence-corrected chi connectivity index (χ2v) is 5.29. The third-order valence-electron chi connectivity index (χ3n) is 3.22. The van der Waals surface area contributed by atoms with Gasteiger partial charge in [-0.1, -0.05) is 48.9 Å². The van der Waals surface area contributed by atoms with Crippen LogP contribution in [0.5, 0.6) is 11.5 Å². The topological polar surface area (TPSA) is 30.5 Å². The highest BCUT2D eigenvalue weighted by molar-refractivity contribution is 6.31. The maximum atomic E-state index is 6.34. The van der Waals surface area contributed by atoms with E-state index in [1.807, 2.05) is 49.4 Å². The minimum absolute atomic E-state index is 0.490. The summed E-state index contributed by atoms with van der Waals surface area (Å²) < 4.78 is 11.6. The van der Waals surface area contributed by atoms with Gasteiger partial charge in [0.15, 0.2) is 11.5 Å². The molecule has 3 nitrogen and oxygen atoms in total. The predicted molar refractivity (Wildman–Crippen MR) is 90.8 cm³/mol. The van der Waals surface area contributed by atoms with Crippen LogP contribution in [0.4, 0.5) is 0 Å². The van der Waals surface area contributed by atoms with E-state index in [0.717, 1.165) is 23.4 Å². The largest absolute Gasteiger partial charge is 0.490 e. The first-order chi connectivity index (χ1) is 10.7. The summed E-state index contributed by atoms with van der Waals surface area (Å²) in [5, 5.41) is 3.96. The van der Waals surface area contributed by atoms with Crippen LogP contribution in [-0.4, -0.2) is 13.2 Å². The average Bonchev–Trinajstić information content (AvgIpc) is 2.54. The Labute approximate surface area is 137 Å². The lowest BCUT2D eigenvalue weighted by atomic mass is 10.2. The summed E-state index contributed by atoms with van der Waals surface area (Å²) in [6, 6.07) is 13.8. The van der Waals surface area contributed by atoms with Crippen LogP contribution in [-0.2, 0) is 13.2 Å². The molecule has 0 heterocycles. The molecule has 118 valence electrons. The molecule has 2 rings (SSSR count). The quantitative estimate of drug-likeness (QED) is 0.781. The molecule has 1 N–H and O–H groups in total. The monoisotopic (exact) mass is 319 g/mol. The molecule has 0 aliphatic carbocycles. The molecule has 2 aromatic carbocycles. The Morgan fingerprint density at radius 3 is 2.41 bits per heavy atom. The summed E-state index contributed by atoms with van der Waals surface area (Å²) in [7, 11) is 0. The minimum Gasteiger partial charge on any atom is -0.490 e. The molecule has 0 bridgehead atoms. The lowest BCUT2D eigenvalue weighted by Gasteiger charge is -2.15.